The second kappa shape index (κ2) is 3.88. The van der Waals surface area contributed by atoms with E-state index in [1.54, 1.807) is 0 Å². The fraction of sp³-hybridized carbons (Fsp3) is 1.00. The normalized spacial score (nSPS) is 20.1. The maximum atomic E-state index is 11.7. The molecule has 0 aromatic heterocycles. The van der Waals surface area contributed by atoms with Crippen LogP contribution in [0.5, 0.6) is 0 Å². The molecule has 0 fully saturated rings. The second-order valence-electron chi connectivity index (χ2n) is 3.02. The maximum Gasteiger partial charge on any atom is 0.115 e. The zero-order valence-corrected chi connectivity index (χ0v) is 6.60. The Hall–Kier alpha value is -0.150. The summed E-state index contributed by atoms with van der Waals surface area (Å²) in [5, 5.41) is 8.87. The van der Waals surface area contributed by atoms with Gasteiger partial charge in [0.1, 0.15) is 6.67 Å². The van der Waals surface area contributed by atoms with Crippen LogP contribution in [0.15, 0.2) is 0 Å². The van der Waals surface area contributed by atoms with Crippen molar-refractivity contribution in [3.63, 3.8) is 0 Å². The Morgan fingerprint density at radius 1 is 1.70 bits per heavy atom. The Labute approximate surface area is 61.2 Å². The third-order valence-electron chi connectivity index (χ3n) is 1.69. The van der Waals surface area contributed by atoms with Crippen molar-refractivity contribution in [3.8, 4) is 0 Å². The van der Waals surface area contributed by atoms with E-state index in [2.05, 4.69) is 0 Å². The first-order chi connectivity index (χ1) is 4.52. The molecule has 3 N–H and O–H groups in total. The number of aliphatic hydroxyl groups is 1. The minimum atomic E-state index is -0.894. The summed E-state index contributed by atoms with van der Waals surface area (Å²) in [5.41, 5.74) is 5.24. The van der Waals surface area contributed by atoms with Crippen molar-refractivity contribution in [2.24, 2.45) is 5.73 Å². The molecule has 0 aromatic carbocycles. The molecule has 10 heavy (non-hydrogen) atoms. The van der Waals surface area contributed by atoms with Gasteiger partial charge < -0.3 is 10.8 Å². The van der Waals surface area contributed by atoms with Crippen LogP contribution in [0.2, 0.25) is 0 Å². The third kappa shape index (κ3) is 3.80. The lowest BCUT2D eigenvalue weighted by atomic mass is 9.93. The third-order valence-corrected chi connectivity index (χ3v) is 1.69. The molecule has 0 aromatic rings. The number of rotatable bonds is 4. The number of nitrogens with two attached hydrogens (primary N) is 1. The molecule has 0 saturated carbocycles. The highest BCUT2D eigenvalue weighted by Gasteiger charge is 2.19. The lowest BCUT2D eigenvalue weighted by molar-refractivity contribution is 0.106. The molecule has 0 aliphatic heterocycles. The number of aliphatic hydroxyl groups excluding tert-OH is 1. The molecular weight excluding hydrogens is 133 g/mol. The van der Waals surface area contributed by atoms with Gasteiger partial charge in [0, 0.05) is 5.54 Å². The average molecular weight is 149 g/mol. The lowest BCUT2D eigenvalue weighted by Crippen LogP contribution is -2.39. The van der Waals surface area contributed by atoms with Crippen molar-refractivity contribution in [2.45, 2.75) is 38.3 Å². The zero-order valence-electron chi connectivity index (χ0n) is 6.60. The van der Waals surface area contributed by atoms with E-state index in [1.165, 1.54) is 0 Å². The van der Waals surface area contributed by atoms with Gasteiger partial charge in [-0.2, -0.15) is 0 Å². The molecule has 2 nitrogen and oxygen atoms in total. The van der Waals surface area contributed by atoms with E-state index in [4.69, 9.17) is 10.8 Å². The van der Waals surface area contributed by atoms with Crippen LogP contribution in [0.4, 0.5) is 4.39 Å². The quantitative estimate of drug-likeness (QED) is 0.622. The number of alkyl halides is 1. The summed E-state index contributed by atoms with van der Waals surface area (Å²) in [6, 6.07) is 0. The molecule has 3 heteroatoms. The Bertz CT molecular complexity index is 95.6. The first-order valence-corrected chi connectivity index (χ1v) is 3.54. The second-order valence-corrected chi connectivity index (χ2v) is 3.02. The van der Waals surface area contributed by atoms with Crippen LogP contribution < -0.4 is 5.73 Å². The first kappa shape index (κ1) is 9.85. The number of halogens is 1. The summed E-state index contributed by atoms with van der Waals surface area (Å²) in [6.07, 6.45) is 0.194. The van der Waals surface area contributed by atoms with Crippen molar-refractivity contribution in [1.29, 1.82) is 0 Å². The van der Waals surface area contributed by atoms with E-state index in [0.717, 1.165) is 6.42 Å². The van der Waals surface area contributed by atoms with E-state index in [9.17, 15) is 4.39 Å². The van der Waals surface area contributed by atoms with E-state index in [0.29, 0.717) is 6.42 Å². The maximum absolute atomic E-state index is 11.7. The minimum Gasteiger partial charge on any atom is -0.390 e. The van der Waals surface area contributed by atoms with Gasteiger partial charge >= 0.3 is 0 Å². The highest BCUT2D eigenvalue weighted by molar-refractivity contribution is 4.79. The van der Waals surface area contributed by atoms with Crippen LogP contribution in [0, 0.1) is 0 Å². The summed E-state index contributed by atoms with van der Waals surface area (Å²) in [6.45, 7) is 3.03. The molecular formula is C7H16FNO. The zero-order chi connectivity index (χ0) is 8.20. The molecule has 0 rings (SSSR count). The molecule has 0 aliphatic rings. The van der Waals surface area contributed by atoms with Crippen molar-refractivity contribution in [1.82, 2.24) is 0 Å². The Balaban J connectivity index is 3.64. The largest absolute Gasteiger partial charge is 0.390 e. The number of hydrogen-bond acceptors (Lipinski definition) is 2. The van der Waals surface area contributed by atoms with Crippen LogP contribution >= 0.6 is 0 Å². The topological polar surface area (TPSA) is 46.2 Å². The lowest BCUT2D eigenvalue weighted by Gasteiger charge is -2.24. The average Bonchev–Trinajstić information content (AvgIpc) is 1.87. The predicted molar refractivity (Wildman–Crippen MR) is 39.5 cm³/mol. The van der Waals surface area contributed by atoms with Gasteiger partial charge in [-0.3, -0.25) is 0 Å². The SMILES string of the molecule is CCC(C)(N)CC(O)CF. The standard InChI is InChI=1S/C7H16FNO/c1-3-7(2,9)4-6(10)5-8/h6,10H,3-5,9H2,1-2H3. The highest BCUT2D eigenvalue weighted by Crippen LogP contribution is 2.12. The minimum absolute atomic E-state index is 0.333. The predicted octanol–water partition coefficient (Wildman–Crippen LogP) is 0.834. The summed E-state index contributed by atoms with van der Waals surface area (Å²) in [5.74, 6) is 0. The van der Waals surface area contributed by atoms with E-state index in [1.807, 2.05) is 13.8 Å². The van der Waals surface area contributed by atoms with Gasteiger partial charge in [0.05, 0.1) is 6.10 Å². The van der Waals surface area contributed by atoms with Gasteiger partial charge in [0.25, 0.3) is 0 Å². The Kier molecular flexibility index (Phi) is 3.83. The van der Waals surface area contributed by atoms with Crippen molar-refractivity contribution >= 4 is 0 Å². The van der Waals surface area contributed by atoms with Gasteiger partial charge in [-0.15, -0.1) is 0 Å². The molecule has 0 radical (unpaired) electrons. The van der Waals surface area contributed by atoms with Crippen molar-refractivity contribution in [3.05, 3.63) is 0 Å². The van der Waals surface area contributed by atoms with Crippen LogP contribution in [0.1, 0.15) is 26.7 Å². The van der Waals surface area contributed by atoms with E-state index >= 15 is 0 Å². The molecule has 0 spiro atoms. The summed E-state index contributed by atoms with van der Waals surface area (Å²) < 4.78 is 11.7. The van der Waals surface area contributed by atoms with E-state index < -0.39 is 18.3 Å². The van der Waals surface area contributed by atoms with Crippen LogP contribution in [0.25, 0.3) is 0 Å². The molecule has 0 aliphatic carbocycles. The van der Waals surface area contributed by atoms with Crippen molar-refractivity contribution < 1.29 is 9.50 Å². The van der Waals surface area contributed by atoms with Gasteiger partial charge in [0.2, 0.25) is 0 Å². The highest BCUT2D eigenvalue weighted by atomic mass is 19.1. The fourth-order valence-corrected chi connectivity index (χ4v) is 0.737. The van der Waals surface area contributed by atoms with Crippen LogP contribution in [-0.4, -0.2) is 23.4 Å². The Morgan fingerprint density at radius 3 is 2.50 bits per heavy atom. The molecule has 0 saturated heterocycles. The monoisotopic (exact) mass is 149 g/mol. The molecule has 0 heterocycles. The molecule has 2 atom stereocenters. The molecule has 0 amide bonds. The van der Waals surface area contributed by atoms with Gasteiger partial charge in [-0.25, -0.2) is 4.39 Å². The summed E-state index contributed by atoms with van der Waals surface area (Å²) in [4.78, 5) is 0. The van der Waals surface area contributed by atoms with Gasteiger partial charge in [-0.05, 0) is 19.8 Å². The Morgan fingerprint density at radius 2 is 2.20 bits per heavy atom. The number of hydrogen-bond donors (Lipinski definition) is 2. The summed E-state index contributed by atoms with van der Waals surface area (Å²) in [7, 11) is 0. The van der Waals surface area contributed by atoms with Crippen molar-refractivity contribution in [2.75, 3.05) is 6.67 Å². The molecule has 62 valence electrons. The molecule has 2 unspecified atom stereocenters. The van der Waals surface area contributed by atoms with Crippen LogP contribution in [0.3, 0.4) is 0 Å². The van der Waals surface area contributed by atoms with Gasteiger partial charge in [0.15, 0.2) is 0 Å². The molecule has 0 bridgehead atoms. The first-order valence-electron chi connectivity index (χ1n) is 3.54. The fourth-order valence-electron chi connectivity index (χ4n) is 0.737. The summed E-state index contributed by atoms with van der Waals surface area (Å²) >= 11 is 0. The smallest absolute Gasteiger partial charge is 0.115 e. The van der Waals surface area contributed by atoms with Gasteiger partial charge in [-0.1, -0.05) is 6.92 Å². The van der Waals surface area contributed by atoms with E-state index in [-0.39, 0.29) is 0 Å². The van der Waals surface area contributed by atoms with Crippen LogP contribution in [-0.2, 0) is 0 Å².